The van der Waals surface area contributed by atoms with Gasteiger partial charge in [0.15, 0.2) is 0 Å². The molecule has 2 amide bonds. The second-order valence-electron chi connectivity index (χ2n) is 6.23. The van der Waals surface area contributed by atoms with Gasteiger partial charge in [-0.1, -0.05) is 24.3 Å². The molecule has 6 nitrogen and oxygen atoms in total. The Bertz CT molecular complexity index is 951. The zero-order valence-electron chi connectivity index (χ0n) is 15.2. The van der Waals surface area contributed by atoms with Gasteiger partial charge in [-0.25, -0.2) is 0 Å². The summed E-state index contributed by atoms with van der Waals surface area (Å²) < 4.78 is 0. The van der Waals surface area contributed by atoms with E-state index in [4.69, 9.17) is 0 Å². The Morgan fingerprint density at radius 3 is 2.26 bits per heavy atom. The zero-order chi connectivity index (χ0) is 19.2. The summed E-state index contributed by atoms with van der Waals surface area (Å²) in [5.41, 5.74) is 4.26. The fourth-order valence-electron chi connectivity index (χ4n) is 2.67. The lowest BCUT2D eigenvalue weighted by Gasteiger charge is -2.12. The van der Waals surface area contributed by atoms with Gasteiger partial charge in [0.2, 0.25) is 0 Å². The summed E-state index contributed by atoms with van der Waals surface area (Å²) in [5, 5.41) is 5.70. The number of pyridine rings is 2. The third-order valence-electron chi connectivity index (χ3n) is 4.16. The van der Waals surface area contributed by atoms with Crippen molar-refractivity contribution < 1.29 is 9.59 Å². The maximum atomic E-state index is 12.6. The quantitative estimate of drug-likeness (QED) is 0.731. The molecule has 0 unspecified atom stereocenters. The lowest BCUT2D eigenvalue weighted by molar-refractivity contribution is 0.0950. The van der Waals surface area contributed by atoms with Crippen LogP contribution in [-0.4, -0.2) is 21.8 Å². The Hall–Kier alpha value is -3.54. The molecule has 2 aromatic heterocycles. The van der Waals surface area contributed by atoms with Gasteiger partial charge in [-0.05, 0) is 42.7 Å². The standard InChI is InChI=1S/C21H20N4O2/c1-14-5-3-6-15(2)19(14)25-21(27)18-9-17(12-23-13-18)20(26)24-11-16-7-4-8-22-10-16/h3-10,12-13H,11H2,1-2H3,(H,24,26)(H,25,27). The molecule has 3 aromatic rings. The molecule has 0 saturated carbocycles. The molecule has 3 rings (SSSR count). The smallest absolute Gasteiger partial charge is 0.257 e. The van der Waals surface area contributed by atoms with Crippen LogP contribution in [0.3, 0.4) is 0 Å². The predicted molar refractivity (Wildman–Crippen MR) is 104 cm³/mol. The van der Waals surface area contributed by atoms with E-state index in [1.54, 1.807) is 12.4 Å². The minimum absolute atomic E-state index is 0.298. The third kappa shape index (κ3) is 4.55. The lowest BCUT2D eigenvalue weighted by Crippen LogP contribution is -2.23. The Morgan fingerprint density at radius 1 is 0.889 bits per heavy atom. The third-order valence-corrected chi connectivity index (χ3v) is 4.16. The Morgan fingerprint density at radius 2 is 1.59 bits per heavy atom. The van der Waals surface area contributed by atoms with E-state index in [-0.39, 0.29) is 11.8 Å². The highest BCUT2D eigenvalue weighted by Gasteiger charge is 2.13. The number of carbonyl (C=O) groups is 2. The first kappa shape index (κ1) is 18.3. The Balaban J connectivity index is 1.71. The van der Waals surface area contributed by atoms with E-state index >= 15 is 0 Å². The molecule has 0 aliphatic heterocycles. The number of anilines is 1. The molecule has 0 fully saturated rings. The normalized spacial score (nSPS) is 10.3. The average Bonchev–Trinajstić information content (AvgIpc) is 2.70. The van der Waals surface area contributed by atoms with Crippen LogP contribution in [-0.2, 0) is 6.54 Å². The Labute approximate surface area is 157 Å². The molecule has 0 aliphatic rings. The van der Waals surface area contributed by atoms with E-state index in [1.807, 2.05) is 44.2 Å². The topological polar surface area (TPSA) is 84.0 Å². The van der Waals surface area contributed by atoms with Crippen LogP contribution in [0.25, 0.3) is 0 Å². The van der Waals surface area contributed by atoms with E-state index in [0.29, 0.717) is 17.7 Å². The van der Waals surface area contributed by atoms with Gasteiger partial charge in [0.25, 0.3) is 11.8 Å². The van der Waals surface area contributed by atoms with Crippen molar-refractivity contribution in [1.82, 2.24) is 15.3 Å². The first-order valence-electron chi connectivity index (χ1n) is 8.54. The van der Waals surface area contributed by atoms with Gasteiger partial charge < -0.3 is 10.6 Å². The summed E-state index contributed by atoms with van der Waals surface area (Å²) >= 11 is 0. The lowest BCUT2D eigenvalue weighted by atomic mass is 10.1. The fourth-order valence-corrected chi connectivity index (χ4v) is 2.67. The number of nitrogens with zero attached hydrogens (tertiary/aromatic N) is 2. The monoisotopic (exact) mass is 360 g/mol. The molecule has 1 aromatic carbocycles. The van der Waals surface area contributed by atoms with Gasteiger partial charge in [-0.3, -0.25) is 19.6 Å². The van der Waals surface area contributed by atoms with Crippen LogP contribution in [0.5, 0.6) is 0 Å². The van der Waals surface area contributed by atoms with E-state index < -0.39 is 0 Å². The molecule has 0 spiro atoms. The first-order chi connectivity index (χ1) is 13.0. The van der Waals surface area contributed by atoms with Crippen LogP contribution in [0.2, 0.25) is 0 Å². The number of aryl methyl sites for hydroxylation is 2. The van der Waals surface area contributed by atoms with Crippen LogP contribution < -0.4 is 10.6 Å². The van der Waals surface area contributed by atoms with E-state index in [9.17, 15) is 9.59 Å². The van der Waals surface area contributed by atoms with Crippen LogP contribution in [0.1, 0.15) is 37.4 Å². The number of benzene rings is 1. The van der Waals surface area contributed by atoms with Crippen LogP contribution in [0, 0.1) is 13.8 Å². The highest BCUT2D eigenvalue weighted by atomic mass is 16.2. The summed E-state index contributed by atoms with van der Waals surface area (Å²) in [6.07, 6.45) is 6.25. The van der Waals surface area contributed by atoms with Crippen molar-refractivity contribution in [1.29, 1.82) is 0 Å². The molecule has 0 saturated heterocycles. The SMILES string of the molecule is Cc1cccc(C)c1NC(=O)c1cncc(C(=O)NCc2cccnc2)c1. The van der Waals surface area contributed by atoms with Crippen molar-refractivity contribution in [3.05, 3.63) is 89.0 Å². The van der Waals surface area contributed by atoms with Crippen molar-refractivity contribution in [2.45, 2.75) is 20.4 Å². The fraction of sp³-hybridized carbons (Fsp3) is 0.143. The molecule has 2 heterocycles. The summed E-state index contributed by atoms with van der Waals surface area (Å²) in [7, 11) is 0. The molecule has 0 radical (unpaired) electrons. The number of hydrogen-bond acceptors (Lipinski definition) is 4. The number of hydrogen-bond donors (Lipinski definition) is 2. The number of nitrogens with one attached hydrogen (secondary N) is 2. The maximum Gasteiger partial charge on any atom is 0.257 e. The van der Waals surface area contributed by atoms with Crippen molar-refractivity contribution >= 4 is 17.5 Å². The van der Waals surface area contributed by atoms with E-state index in [2.05, 4.69) is 20.6 Å². The molecule has 0 atom stereocenters. The van der Waals surface area contributed by atoms with Gasteiger partial charge in [0, 0.05) is 37.0 Å². The summed E-state index contributed by atoms with van der Waals surface area (Å²) in [5.74, 6) is -0.602. The predicted octanol–water partition coefficient (Wildman–Crippen LogP) is 3.28. The number of rotatable bonds is 5. The zero-order valence-corrected chi connectivity index (χ0v) is 15.2. The number of amides is 2. The number of aromatic nitrogens is 2. The van der Waals surface area contributed by atoms with Gasteiger partial charge >= 0.3 is 0 Å². The second-order valence-corrected chi connectivity index (χ2v) is 6.23. The van der Waals surface area contributed by atoms with Gasteiger partial charge in [-0.2, -0.15) is 0 Å². The summed E-state index contributed by atoms with van der Waals surface area (Å²) in [6.45, 7) is 4.22. The molecule has 2 N–H and O–H groups in total. The van der Waals surface area contributed by atoms with Crippen LogP contribution in [0.15, 0.2) is 61.2 Å². The van der Waals surface area contributed by atoms with E-state index in [0.717, 1.165) is 22.4 Å². The molecular formula is C21H20N4O2. The molecule has 27 heavy (non-hydrogen) atoms. The minimum Gasteiger partial charge on any atom is -0.348 e. The van der Waals surface area contributed by atoms with Crippen molar-refractivity contribution in [3.63, 3.8) is 0 Å². The summed E-state index contributed by atoms with van der Waals surface area (Å²) in [6, 6.07) is 11.0. The average molecular weight is 360 g/mol. The van der Waals surface area contributed by atoms with Crippen molar-refractivity contribution in [2.24, 2.45) is 0 Å². The van der Waals surface area contributed by atoms with Crippen molar-refractivity contribution in [3.8, 4) is 0 Å². The minimum atomic E-state index is -0.304. The Kier molecular flexibility index (Phi) is 5.56. The molecule has 136 valence electrons. The molecule has 0 aliphatic carbocycles. The van der Waals surface area contributed by atoms with Crippen molar-refractivity contribution in [2.75, 3.05) is 5.32 Å². The van der Waals surface area contributed by atoms with Gasteiger partial charge in [0.05, 0.1) is 11.1 Å². The first-order valence-corrected chi connectivity index (χ1v) is 8.54. The molecule has 6 heteroatoms. The van der Waals surface area contributed by atoms with Crippen LogP contribution in [0.4, 0.5) is 5.69 Å². The number of carbonyl (C=O) groups excluding carboxylic acids is 2. The highest BCUT2D eigenvalue weighted by molar-refractivity contribution is 6.06. The second kappa shape index (κ2) is 8.23. The van der Waals surface area contributed by atoms with Gasteiger partial charge in [-0.15, -0.1) is 0 Å². The molecule has 0 bridgehead atoms. The number of para-hydroxylation sites is 1. The summed E-state index contributed by atoms with van der Waals surface area (Å²) in [4.78, 5) is 33.0. The highest BCUT2D eigenvalue weighted by Crippen LogP contribution is 2.20. The van der Waals surface area contributed by atoms with Crippen LogP contribution >= 0.6 is 0 Å². The molecular weight excluding hydrogens is 340 g/mol. The maximum absolute atomic E-state index is 12.6. The largest absolute Gasteiger partial charge is 0.348 e. The van der Waals surface area contributed by atoms with Gasteiger partial charge in [0.1, 0.15) is 0 Å². The van der Waals surface area contributed by atoms with E-state index in [1.165, 1.54) is 18.5 Å².